The van der Waals surface area contributed by atoms with Crippen LogP contribution in [0.1, 0.15) is 37.2 Å². The normalized spacial score (nSPS) is 20.2. The van der Waals surface area contributed by atoms with Crippen molar-refractivity contribution >= 4 is 16.9 Å². The number of rotatable bonds is 3. The van der Waals surface area contributed by atoms with Crippen LogP contribution in [0.4, 0.5) is 0 Å². The number of imidazole rings is 1. The second-order valence-electron chi connectivity index (χ2n) is 5.37. The zero-order valence-corrected chi connectivity index (χ0v) is 11.8. The summed E-state index contributed by atoms with van der Waals surface area (Å²) >= 11 is 0. The Labute approximate surface area is 117 Å². The molecule has 2 N–H and O–H groups in total. The molecule has 5 heteroatoms. The number of aromatic nitrogens is 2. The number of carbonyl (C=O) groups excluding carboxylic acids is 1. The van der Waals surface area contributed by atoms with Crippen LogP contribution in [0.2, 0.25) is 0 Å². The van der Waals surface area contributed by atoms with Gasteiger partial charge in [0, 0.05) is 6.61 Å². The van der Waals surface area contributed by atoms with Crippen molar-refractivity contribution in [3.63, 3.8) is 0 Å². The highest BCUT2D eigenvalue weighted by atomic mass is 16.5. The van der Waals surface area contributed by atoms with Gasteiger partial charge in [-0.3, -0.25) is 4.79 Å². The average molecular weight is 273 g/mol. The Bertz CT molecular complexity index is 629. The second-order valence-corrected chi connectivity index (χ2v) is 5.37. The first-order valence-electron chi connectivity index (χ1n) is 7.02. The van der Waals surface area contributed by atoms with Crippen LogP contribution >= 0.6 is 0 Å². The number of H-pyrrole nitrogens is 1. The molecule has 20 heavy (non-hydrogen) atoms. The number of carbonyl (C=O) groups is 1. The fourth-order valence-electron chi connectivity index (χ4n) is 2.51. The van der Waals surface area contributed by atoms with Crippen molar-refractivity contribution in [2.24, 2.45) is 0 Å². The van der Waals surface area contributed by atoms with E-state index in [4.69, 9.17) is 4.74 Å². The van der Waals surface area contributed by atoms with E-state index >= 15 is 0 Å². The highest BCUT2D eigenvalue weighted by molar-refractivity contribution is 5.81. The molecule has 2 atom stereocenters. The van der Waals surface area contributed by atoms with Gasteiger partial charge >= 0.3 is 0 Å². The number of nitrogens with one attached hydrogen (secondary N) is 2. The summed E-state index contributed by atoms with van der Waals surface area (Å²) in [6, 6.07) is 5.92. The average Bonchev–Trinajstić information content (AvgIpc) is 3.07. The summed E-state index contributed by atoms with van der Waals surface area (Å²) in [7, 11) is 0. The highest BCUT2D eigenvalue weighted by Crippen LogP contribution is 2.18. The Kier molecular flexibility index (Phi) is 3.44. The first kappa shape index (κ1) is 13.1. The van der Waals surface area contributed by atoms with Crippen LogP contribution in [-0.2, 0) is 9.53 Å². The molecule has 2 aromatic rings. The molecule has 0 aliphatic carbocycles. The lowest BCUT2D eigenvalue weighted by Crippen LogP contribution is -2.36. The van der Waals surface area contributed by atoms with Crippen LogP contribution < -0.4 is 5.32 Å². The molecule has 1 amide bonds. The summed E-state index contributed by atoms with van der Waals surface area (Å²) in [6.45, 7) is 4.65. The largest absolute Gasteiger partial charge is 0.368 e. The summed E-state index contributed by atoms with van der Waals surface area (Å²) in [4.78, 5) is 19.8. The van der Waals surface area contributed by atoms with Crippen LogP contribution in [-0.4, -0.2) is 28.6 Å². The molecule has 1 fully saturated rings. The van der Waals surface area contributed by atoms with Gasteiger partial charge in [0.2, 0.25) is 5.91 Å². The molecule has 1 aliphatic heterocycles. The summed E-state index contributed by atoms with van der Waals surface area (Å²) in [5.74, 6) is 0.726. The number of fused-ring (bicyclic) bond motifs is 1. The van der Waals surface area contributed by atoms with Crippen molar-refractivity contribution in [2.45, 2.75) is 38.8 Å². The van der Waals surface area contributed by atoms with Gasteiger partial charge in [0.15, 0.2) is 0 Å². The van der Waals surface area contributed by atoms with Crippen LogP contribution in [0.15, 0.2) is 18.2 Å². The molecule has 1 aliphatic rings. The fraction of sp³-hybridized carbons (Fsp3) is 0.467. The van der Waals surface area contributed by atoms with E-state index in [1.54, 1.807) is 0 Å². The minimum atomic E-state index is -0.302. The van der Waals surface area contributed by atoms with E-state index in [1.807, 2.05) is 26.0 Å². The van der Waals surface area contributed by atoms with E-state index in [0.717, 1.165) is 29.7 Å². The van der Waals surface area contributed by atoms with Gasteiger partial charge in [-0.15, -0.1) is 0 Å². The van der Waals surface area contributed by atoms with E-state index in [2.05, 4.69) is 21.4 Å². The molecule has 1 saturated heterocycles. The van der Waals surface area contributed by atoms with Gasteiger partial charge in [-0.1, -0.05) is 6.07 Å². The van der Waals surface area contributed by atoms with E-state index in [9.17, 15) is 4.79 Å². The number of aromatic amines is 1. The van der Waals surface area contributed by atoms with E-state index in [-0.39, 0.29) is 18.1 Å². The van der Waals surface area contributed by atoms with Crippen molar-refractivity contribution in [1.82, 2.24) is 15.3 Å². The molecule has 2 unspecified atom stereocenters. The first-order chi connectivity index (χ1) is 9.63. The van der Waals surface area contributed by atoms with Gasteiger partial charge in [-0.25, -0.2) is 4.98 Å². The van der Waals surface area contributed by atoms with Crippen LogP contribution in [0, 0.1) is 6.92 Å². The number of hydrogen-bond donors (Lipinski definition) is 2. The van der Waals surface area contributed by atoms with Gasteiger partial charge in [0.05, 0.1) is 17.1 Å². The summed E-state index contributed by atoms with van der Waals surface area (Å²) in [6.07, 6.45) is 1.46. The number of aryl methyl sites for hydroxylation is 1. The van der Waals surface area contributed by atoms with E-state index < -0.39 is 0 Å². The molecule has 2 heterocycles. The minimum absolute atomic E-state index is 0.0494. The van der Waals surface area contributed by atoms with Gasteiger partial charge in [-0.2, -0.15) is 0 Å². The molecule has 0 saturated carbocycles. The van der Waals surface area contributed by atoms with E-state index in [1.165, 1.54) is 5.56 Å². The molecule has 1 aromatic heterocycles. The predicted molar refractivity (Wildman–Crippen MR) is 76.4 cm³/mol. The van der Waals surface area contributed by atoms with Gasteiger partial charge in [-0.05, 0) is 44.4 Å². The molecule has 1 aromatic carbocycles. The van der Waals surface area contributed by atoms with Crippen molar-refractivity contribution < 1.29 is 9.53 Å². The first-order valence-corrected chi connectivity index (χ1v) is 7.02. The lowest BCUT2D eigenvalue weighted by atomic mass is 10.2. The third-order valence-electron chi connectivity index (χ3n) is 3.65. The Morgan fingerprint density at radius 2 is 2.40 bits per heavy atom. The van der Waals surface area contributed by atoms with Crippen molar-refractivity contribution in [2.75, 3.05) is 6.61 Å². The predicted octanol–water partition coefficient (Wildman–Crippen LogP) is 2.23. The Morgan fingerprint density at radius 1 is 1.55 bits per heavy atom. The highest BCUT2D eigenvalue weighted by Gasteiger charge is 2.25. The Balaban J connectivity index is 1.74. The lowest BCUT2D eigenvalue weighted by molar-refractivity contribution is -0.130. The molecule has 3 rings (SSSR count). The molecule has 0 bridgehead atoms. The van der Waals surface area contributed by atoms with Gasteiger partial charge in [0.1, 0.15) is 11.9 Å². The van der Waals surface area contributed by atoms with Crippen LogP contribution in [0.5, 0.6) is 0 Å². The topological polar surface area (TPSA) is 67.0 Å². The van der Waals surface area contributed by atoms with Crippen molar-refractivity contribution in [3.8, 4) is 0 Å². The third kappa shape index (κ3) is 2.54. The number of amides is 1. The maximum atomic E-state index is 12.0. The van der Waals surface area contributed by atoms with Crippen LogP contribution in [0.3, 0.4) is 0 Å². The molecular formula is C15H19N3O2. The summed E-state index contributed by atoms with van der Waals surface area (Å²) in [5.41, 5.74) is 3.10. The van der Waals surface area contributed by atoms with Gasteiger partial charge in [0.25, 0.3) is 0 Å². The van der Waals surface area contributed by atoms with Crippen molar-refractivity contribution in [3.05, 3.63) is 29.6 Å². The van der Waals surface area contributed by atoms with Gasteiger partial charge < -0.3 is 15.0 Å². The number of hydrogen-bond acceptors (Lipinski definition) is 3. The second kappa shape index (κ2) is 5.25. The Morgan fingerprint density at radius 3 is 3.15 bits per heavy atom. The van der Waals surface area contributed by atoms with Crippen molar-refractivity contribution in [1.29, 1.82) is 0 Å². The monoisotopic (exact) mass is 273 g/mol. The maximum Gasteiger partial charge on any atom is 0.249 e. The number of benzene rings is 1. The quantitative estimate of drug-likeness (QED) is 0.901. The zero-order chi connectivity index (χ0) is 14.1. The number of ether oxygens (including phenoxy) is 1. The maximum absolute atomic E-state index is 12.0. The van der Waals surface area contributed by atoms with E-state index in [0.29, 0.717) is 6.61 Å². The SMILES string of the molecule is Cc1ccc2nc(C(C)NC(=O)C3CCCO3)[nH]c2c1. The third-order valence-corrected chi connectivity index (χ3v) is 3.65. The standard InChI is InChI=1S/C15H19N3O2/c1-9-5-6-11-12(8-9)18-14(17-11)10(2)16-15(19)13-4-3-7-20-13/h5-6,8,10,13H,3-4,7H2,1-2H3,(H,16,19)(H,17,18). The Hall–Kier alpha value is -1.88. The minimum Gasteiger partial charge on any atom is -0.368 e. The summed E-state index contributed by atoms with van der Waals surface area (Å²) in [5, 5.41) is 2.96. The lowest BCUT2D eigenvalue weighted by Gasteiger charge is -2.14. The molecule has 106 valence electrons. The smallest absolute Gasteiger partial charge is 0.249 e. The molecular weight excluding hydrogens is 254 g/mol. The fourth-order valence-corrected chi connectivity index (χ4v) is 2.51. The molecule has 0 radical (unpaired) electrons. The molecule has 5 nitrogen and oxygen atoms in total. The zero-order valence-electron chi connectivity index (χ0n) is 11.8. The number of nitrogens with zero attached hydrogens (tertiary/aromatic N) is 1. The summed E-state index contributed by atoms with van der Waals surface area (Å²) < 4.78 is 5.38. The molecule has 0 spiro atoms. The van der Waals surface area contributed by atoms with Crippen LogP contribution in [0.25, 0.3) is 11.0 Å².